The highest BCUT2D eigenvalue weighted by atomic mass is 16.1. The van der Waals surface area contributed by atoms with E-state index in [1.807, 2.05) is 48.8 Å². The zero-order valence-electron chi connectivity index (χ0n) is 15.2. The molecular formula is C20H23N5O. The van der Waals surface area contributed by atoms with E-state index >= 15 is 0 Å². The van der Waals surface area contributed by atoms with Crippen LogP contribution >= 0.6 is 0 Å². The monoisotopic (exact) mass is 349 g/mol. The number of hydrogen-bond acceptors (Lipinski definition) is 5. The smallest absolute Gasteiger partial charge is 0.185 e. The summed E-state index contributed by atoms with van der Waals surface area (Å²) >= 11 is 0. The van der Waals surface area contributed by atoms with E-state index in [0.29, 0.717) is 5.69 Å². The van der Waals surface area contributed by atoms with Gasteiger partial charge in [-0.3, -0.25) is 14.7 Å². The maximum Gasteiger partial charge on any atom is 0.185 e. The minimum absolute atomic E-state index is 0.0110. The molecule has 4 rings (SSSR count). The van der Waals surface area contributed by atoms with Crippen LogP contribution in [0.2, 0.25) is 0 Å². The van der Waals surface area contributed by atoms with E-state index in [-0.39, 0.29) is 11.7 Å². The van der Waals surface area contributed by atoms with Gasteiger partial charge in [-0.05, 0) is 51.4 Å². The predicted octanol–water partition coefficient (Wildman–Crippen LogP) is 2.84. The first-order valence-electron chi connectivity index (χ1n) is 9.10. The first-order chi connectivity index (χ1) is 12.6. The Morgan fingerprint density at radius 2 is 2.19 bits per heavy atom. The van der Waals surface area contributed by atoms with Gasteiger partial charge in [-0.1, -0.05) is 6.07 Å². The van der Waals surface area contributed by atoms with Gasteiger partial charge in [-0.25, -0.2) is 9.50 Å². The van der Waals surface area contributed by atoms with Crippen molar-refractivity contribution in [1.29, 1.82) is 0 Å². The fraction of sp³-hybridized carbons (Fsp3) is 0.400. The third kappa shape index (κ3) is 3.24. The molecule has 6 nitrogen and oxygen atoms in total. The summed E-state index contributed by atoms with van der Waals surface area (Å²) in [6.07, 6.45) is 5.53. The lowest BCUT2D eigenvalue weighted by molar-refractivity contribution is 0.0807. The van der Waals surface area contributed by atoms with Crippen LogP contribution in [0.25, 0.3) is 5.65 Å². The Labute approximate surface area is 152 Å². The summed E-state index contributed by atoms with van der Waals surface area (Å²) in [5.41, 5.74) is 4.69. The van der Waals surface area contributed by atoms with Crippen LogP contribution in [0.1, 0.15) is 40.3 Å². The normalized spacial score (nSPS) is 18.3. The number of pyridine rings is 1. The van der Waals surface area contributed by atoms with E-state index in [1.165, 1.54) is 0 Å². The van der Waals surface area contributed by atoms with E-state index < -0.39 is 0 Å². The number of Topliss-reactive ketones (excluding diaryl/α,β-unsaturated/α-hetero) is 1. The Kier molecular flexibility index (Phi) is 4.51. The van der Waals surface area contributed by atoms with Gasteiger partial charge in [0.05, 0.1) is 6.20 Å². The summed E-state index contributed by atoms with van der Waals surface area (Å²) in [6.45, 7) is 6.57. The lowest BCUT2D eigenvalue weighted by Gasteiger charge is -2.31. The number of aromatic nitrogens is 4. The maximum atomic E-state index is 12.7. The predicted molar refractivity (Wildman–Crippen MR) is 99.0 cm³/mol. The molecule has 0 amide bonds. The molecule has 0 bridgehead atoms. The highest BCUT2D eigenvalue weighted by molar-refractivity contribution is 5.96. The highest BCUT2D eigenvalue weighted by Crippen LogP contribution is 2.23. The first-order valence-corrected chi connectivity index (χ1v) is 9.10. The zero-order valence-corrected chi connectivity index (χ0v) is 15.2. The summed E-state index contributed by atoms with van der Waals surface area (Å²) in [7, 11) is 0. The minimum Gasteiger partial charge on any atom is -0.298 e. The summed E-state index contributed by atoms with van der Waals surface area (Å²) < 4.78 is 1.89. The number of nitrogens with zero attached hydrogens (tertiary/aromatic N) is 5. The molecule has 1 fully saturated rings. The Balaban J connectivity index is 1.52. The SMILES string of the molecule is Cc1cc(C)n2ncc(CN3CCCC(C(=O)c4ccccn4)C3)c2n1. The number of ketones is 1. The number of likely N-dealkylation sites (tertiary alicyclic amines) is 1. The minimum atomic E-state index is 0.0110. The Bertz CT molecular complexity index is 934. The third-order valence-electron chi connectivity index (χ3n) is 5.04. The summed E-state index contributed by atoms with van der Waals surface area (Å²) in [6, 6.07) is 7.55. The van der Waals surface area contributed by atoms with E-state index in [0.717, 1.165) is 55.1 Å². The molecule has 3 aromatic heterocycles. The average Bonchev–Trinajstić information content (AvgIpc) is 3.05. The second-order valence-electron chi connectivity index (χ2n) is 7.10. The Morgan fingerprint density at radius 1 is 1.31 bits per heavy atom. The van der Waals surface area contributed by atoms with Crippen LogP contribution in [-0.4, -0.2) is 43.4 Å². The van der Waals surface area contributed by atoms with Crippen LogP contribution in [0.5, 0.6) is 0 Å². The fourth-order valence-electron chi connectivity index (χ4n) is 3.80. The Hall–Kier alpha value is -2.60. The summed E-state index contributed by atoms with van der Waals surface area (Å²) in [4.78, 5) is 24.0. The van der Waals surface area contributed by atoms with Crippen LogP contribution in [0.3, 0.4) is 0 Å². The van der Waals surface area contributed by atoms with Crippen LogP contribution in [0.4, 0.5) is 0 Å². The molecular weight excluding hydrogens is 326 g/mol. The van der Waals surface area contributed by atoms with Crippen molar-refractivity contribution in [2.45, 2.75) is 33.2 Å². The maximum absolute atomic E-state index is 12.7. The van der Waals surface area contributed by atoms with Crippen molar-refractivity contribution in [1.82, 2.24) is 24.5 Å². The quantitative estimate of drug-likeness (QED) is 0.678. The van der Waals surface area contributed by atoms with Gasteiger partial charge < -0.3 is 0 Å². The molecule has 0 saturated carbocycles. The lowest BCUT2D eigenvalue weighted by Crippen LogP contribution is -2.38. The average molecular weight is 349 g/mol. The second-order valence-corrected chi connectivity index (χ2v) is 7.10. The molecule has 1 saturated heterocycles. The van der Waals surface area contributed by atoms with Crippen molar-refractivity contribution >= 4 is 11.4 Å². The molecule has 0 radical (unpaired) electrons. The number of rotatable bonds is 4. The van der Waals surface area contributed by atoms with Crippen LogP contribution in [0.15, 0.2) is 36.7 Å². The molecule has 0 spiro atoms. The number of piperidine rings is 1. The van der Waals surface area contributed by atoms with Crippen molar-refractivity contribution in [2.24, 2.45) is 5.92 Å². The number of carbonyl (C=O) groups is 1. The number of fused-ring (bicyclic) bond motifs is 1. The molecule has 1 atom stereocenters. The topological polar surface area (TPSA) is 63.4 Å². The molecule has 0 N–H and O–H groups in total. The van der Waals surface area contributed by atoms with Gasteiger partial charge in [-0.2, -0.15) is 5.10 Å². The van der Waals surface area contributed by atoms with Gasteiger partial charge in [0.1, 0.15) is 5.69 Å². The molecule has 1 aliphatic rings. The van der Waals surface area contributed by atoms with E-state index in [1.54, 1.807) is 6.20 Å². The van der Waals surface area contributed by atoms with Gasteiger partial charge >= 0.3 is 0 Å². The molecule has 6 heteroatoms. The molecule has 0 aromatic carbocycles. The van der Waals surface area contributed by atoms with E-state index in [4.69, 9.17) is 0 Å². The molecule has 1 unspecified atom stereocenters. The van der Waals surface area contributed by atoms with E-state index in [9.17, 15) is 4.79 Å². The highest BCUT2D eigenvalue weighted by Gasteiger charge is 2.27. The fourth-order valence-corrected chi connectivity index (χ4v) is 3.80. The zero-order chi connectivity index (χ0) is 18.1. The standard InChI is InChI=1S/C20H23N5O/c1-14-10-15(2)25-20(23-14)17(11-22-25)13-24-9-5-6-16(12-24)19(26)18-7-3-4-8-21-18/h3-4,7-8,10-11,16H,5-6,9,12-13H2,1-2H3. The molecule has 134 valence electrons. The van der Waals surface area contributed by atoms with E-state index in [2.05, 4.69) is 20.0 Å². The van der Waals surface area contributed by atoms with Crippen LogP contribution in [0, 0.1) is 19.8 Å². The molecule has 1 aliphatic heterocycles. The van der Waals surface area contributed by atoms with Crippen molar-refractivity contribution in [2.75, 3.05) is 13.1 Å². The van der Waals surface area contributed by atoms with Gasteiger partial charge in [-0.15, -0.1) is 0 Å². The van der Waals surface area contributed by atoms with Crippen molar-refractivity contribution < 1.29 is 4.79 Å². The molecule has 3 aromatic rings. The lowest BCUT2D eigenvalue weighted by atomic mass is 9.91. The summed E-state index contributed by atoms with van der Waals surface area (Å²) in [5.74, 6) is 0.164. The second kappa shape index (κ2) is 6.96. The van der Waals surface area contributed by atoms with Gasteiger partial charge in [0, 0.05) is 42.2 Å². The van der Waals surface area contributed by atoms with Gasteiger partial charge in [0.25, 0.3) is 0 Å². The van der Waals surface area contributed by atoms with Gasteiger partial charge in [0.2, 0.25) is 0 Å². The largest absolute Gasteiger partial charge is 0.298 e. The third-order valence-corrected chi connectivity index (χ3v) is 5.04. The van der Waals surface area contributed by atoms with Gasteiger partial charge in [0.15, 0.2) is 11.4 Å². The first kappa shape index (κ1) is 16.8. The molecule has 26 heavy (non-hydrogen) atoms. The Morgan fingerprint density at radius 3 is 3.00 bits per heavy atom. The molecule has 0 aliphatic carbocycles. The van der Waals surface area contributed by atoms with Crippen LogP contribution < -0.4 is 0 Å². The van der Waals surface area contributed by atoms with Crippen molar-refractivity contribution in [3.05, 3.63) is 59.3 Å². The summed E-state index contributed by atoms with van der Waals surface area (Å²) in [5, 5.41) is 4.48. The number of hydrogen-bond donors (Lipinski definition) is 0. The molecule has 4 heterocycles. The van der Waals surface area contributed by atoms with Crippen molar-refractivity contribution in [3.8, 4) is 0 Å². The van der Waals surface area contributed by atoms with Crippen molar-refractivity contribution in [3.63, 3.8) is 0 Å². The number of aryl methyl sites for hydroxylation is 2. The number of carbonyl (C=O) groups excluding carboxylic acids is 1. The van der Waals surface area contributed by atoms with Crippen LogP contribution in [-0.2, 0) is 6.54 Å².